The van der Waals surface area contributed by atoms with E-state index in [4.69, 9.17) is 11.6 Å². The molecule has 0 N–H and O–H groups in total. The molecule has 0 bridgehead atoms. The summed E-state index contributed by atoms with van der Waals surface area (Å²) in [6, 6.07) is 9.53. The van der Waals surface area contributed by atoms with Crippen LogP contribution in [0.25, 0.3) is 10.8 Å². The van der Waals surface area contributed by atoms with Crippen LogP contribution in [0.2, 0.25) is 5.02 Å². The average Bonchev–Trinajstić information content (AvgIpc) is 3.15. The van der Waals surface area contributed by atoms with Crippen molar-refractivity contribution >= 4 is 66.3 Å². The highest BCUT2D eigenvalue weighted by molar-refractivity contribution is 9.10. The van der Waals surface area contributed by atoms with Crippen molar-refractivity contribution in [2.45, 2.75) is 17.7 Å². The van der Waals surface area contributed by atoms with Crippen LogP contribution in [0, 0.1) is 18.6 Å². The summed E-state index contributed by atoms with van der Waals surface area (Å²) in [4.78, 5) is 8.35. The zero-order valence-electron chi connectivity index (χ0n) is 15.4. The number of halogens is 4. The monoisotopic (exact) mass is 527 g/mol. The highest BCUT2D eigenvalue weighted by Gasteiger charge is 2.23. The lowest BCUT2D eigenvalue weighted by Crippen LogP contribution is -2.25. The van der Waals surface area contributed by atoms with Crippen LogP contribution in [0.4, 0.5) is 14.5 Å². The van der Waals surface area contributed by atoms with Crippen LogP contribution in [0.15, 0.2) is 56.9 Å². The van der Waals surface area contributed by atoms with E-state index in [0.717, 1.165) is 6.07 Å². The first-order valence-electron chi connectivity index (χ1n) is 8.63. The van der Waals surface area contributed by atoms with E-state index in [-0.39, 0.29) is 16.5 Å². The first kappa shape index (κ1) is 21.3. The molecule has 0 spiro atoms. The van der Waals surface area contributed by atoms with Gasteiger partial charge in [0.1, 0.15) is 8.81 Å². The highest BCUT2D eigenvalue weighted by atomic mass is 79.9. The summed E-state index contributed by atoms with van der Waals surface area (Å²) < 4.78 is 44.1. The van der Waals surface area contributed by atoms with Crippen molar-refractivity contribution in [1.29, 1.82) is 0 Å². The number of nitrogens with zero attached hydrogens (tertiary/aromatic N) is 3. The Labute approximate surface area is 191 Å². The number of benzene rings is 2. The van der Waals surface area contributed by atoms with Gasteiger partial charge >= 0.3 is 0 Å². The molecule has 10 heteroatoms. The molecule has 154 valence electrons. The van der Waals surface area contributed by atoms with Crippen molar-refractivity contribution in [2.75, 3.05) is 4.31 Å². The lowest BCUT2D eigenvalue weighted by molar-refractivity contribution is 0.516. The van der Waals surface area contributed by atoms with Crippen molar-refractivity contribution in [1.82, 2.24) is 9.97 Å². The number of thiazole rings is 1. The summed E-state index contributed by atoms with van der Waals surface area (Å²) >= 11 is 10.6. The number of fused-ring (bicyclic) bond motifs is 1. The normalized spacial score (nSPS) is 12.3. The molecule has 0 aliphatic rings. The molecule has 0 aliphatic carbocycles. The fourth-order valence-corrected chi connectivity index (χ4v) is 6.00. The number of pyridine rings is 1. The van der Waals surface area contributed by atoms with Gasteiger partial charge in [0, 0.05) is 11.2 Å². The van der Waals surface area contributed by atoms with Gasteiger partial charge in [-0.2, -0.15) is 0 Å². The van der Waals surface area contributed by atoms with Crippen LogP contribution < -0.4 is 4.31 Å². The van der Waals surface area contributed by atoms with Gasteiger partial charge in [0.25, 0.3) is 0 Å². The smallest absolute Gasteiger partial charge is 0.169 e. The first-order valence-corrected chi connectivity index (χ1v) is 11.8. The summed E-state index contributed by atoms with van der Waals surface area (Å²) in [5.74, 6) is -1.94. The Kier molecular flexibility index (Phi) is 6.15. The molecule has 0 saturated carbocycles. The Morgan fingerprint density at radius 1 is 1.23 bits per heavy atom. The van der Waals surface area contributed by atoms with Gasteiger partial charge in [-0.3, -0.25) is 4.31 Å². The maximum Gasteiger partial charge on any atom is 0.169 e. The minimum absolute atomic E-state index is 0.0401. The number of hydrogen-bond donors (Lipinski definition) is 0. The molecular weight excluding hydrogens is 516 g/mol. The van der Waals surface area contributed by atoms with E-state index in [1.807, 2.05) is 0 Å². The zero-order valence-corrected chi connectivity index (χ0v) is 19.4. The van der Waals surface area contributed by atoms with Crippen LogP contribution in [-0.2, 0) is 17.5 Å². The van der Waals surface area contributed by atoms with E-state index in [9.17, 15) is 13.0 Å². The largest absolute Gasteiger partial charge is 0.282 e. The fourth-order valence-electron chi connectivity index (χ4n) is 3.01. The molecule has 2 aromatic carbocycles. The molecule has 1 atom stereocenters. The molecule has 2 heterocycles. The molecule has 1 unspecified atom stereocenters. The first-order chi connectivity index (χ1) is 14.4. The Morgan fingerprint density at radius 3 is 2.73 bits per heavy atom. The Hall–Kier alpha value is -1.94. The van der Waals surface area contributed by atoms with E-state index in [2.05, 4.69) is 25.9 Å². The van der Waals surface area contributed by atoms with Gasteiger partial charge in [-0.15, -0.1) is 11.3 Å². The summed E-state index contributed by atoms with van der Waals surface area (Å²) in [6.45, 7) is 1.92. The Morgan fingerprint density at radius 2 is 2.03 bits per heavy atom. The third-order valence-electron chi connectivity index (χ3n) is 4.45. The predicted octanol–water partition coefficient (Wildman–Crippen LogP) is 6.42. The summed E-state index contributed by atoms with van der Waals surface area (Å²) in [5.41, 5.74) is 3.50. The molecule has 0 radical (unpaired) electrons. The van der Waals surface area contributed by atoms with Crippen molar-refractivity contribution in [3.8, 4) is 0 Å². The quantitative estimate of drug-likeness (QED) is 0.281. The maximum absolute atomic E-state index is 14.4. The fraction of sp³-hybridized carbons (Fsp3) is 0.100. The van der Waals surface area contributed by atoms with E-state index in [1.165, 1.54) is 17.4 Å². The number of anilines is 1. The van der Waals surface area contributed by atoms with Gasteiger partial charge in [0.2, 0.25) is 0 Å². The Balaban J connectivity index is 1.86. The highest BCUT2D eigenvalue weighted by Crippen LogP contribution is 2.33. The molecular formula is C20H13BrClF2N3OS2. The molecule has 4 nitrogen and oxygen atoms in total. The molecule has 2 aromatic heterocycles. The molecule has 30 heavy (non-hydrogen) atoms. The summed E-state index contributed by atoms with van der Waals surface area (Å²) in [7, 11) is -1.60. The van der Waals surface area contributed by atoms with Crippen LogP contribution in [0.1, 0.15) is 11.3 Å². The van der Waals surface area contributed by atoms with Crippen LogP contribution in [0.3, 0.4) is 0 Å². The van der Waals surface area contributed by atoms with Gasteiger partial charge in [-0.25, -0.2) is 23.0 Å². The van der Waals surface area contributed by atoms with Gasteiger partial charge in [-0.1, -0.05) is 23.7 Å². The van der Waals surface area contributed by atoms with E-state index in [1.54, 1.807) is 47.2 Å². The standard InChI is InChI=1S/C20H13BrClF2N3OS2/c1-11-20(29-10-26-11)30(28)27(14-4-2-3-13(22)7-14)9-12-8-25-19(21)17-15(12)5-6-16(23)18(17)24/h2-8,10H,9H2,1H3. The minimum atomic E-state index is -1.60. The van der Waals surface area contributed by atoms with Crippen LogP contribution in [0.5, 0.6) is 0 Å². The van der Waals surface area contributed by atoms with Crippen molar-refractivity contribution < 1.29 is 13.0 Å². The second kappa shape index (κ2) is 8.66. The van der Waals surface area contributed by atoms with E-state index < -0.39 is 22.6 Å². The van der Waals surface area contributed by atoms with Gasteiger partial charge in [0.15, 0.2) is 22.6 Å². The second-order valence-electron chi connectivity index (χ2n) is 6.35. The van der Waals surface area contributed by atoms with Crippen LogP contribution >= 0.6 is 38.9 Å². The zero-order chi connectivity index (χ0) is 21.4. The molecule has 0 aliphatic heterocycles. The number of aryl methyl sites for hydroxylation is 1. The van der Waals surface area contributed by atoms with E-state index >= 15 is 0 Å². The Bertz CT molecular complexity index is 1280. The molecule has 4 aromatic rings. The summed E-state index contributed by atoms with van der Waals surface area (Å²) in [5, 5.41) is 1.00. The van der Waals surface area contributed by atoms with Crippen molar-refractivity contribution in [3.63, 3.8) is 0 Å². The summed E-state index contributed by atoms with van der Waals surface area (Å²) in [6.07, 6.45) is 1.55. The van der Waals surface area contributed by atoms with E-state index in [0.29, 0.717) is 31.6 Å². The number of hydrogen-bond acceptors (Lipinski definition) is 4. The SMILES string of the molecule is Cc1ncsc1S(=O)N(Cc1cnc(Br)c2c(F)c(F)ccc12)c1cccc(Cl)c1. The molecule has 4 rings (SSSR count). The second-order valence-corrected chi connectivity index (χ2v) is 10.00. The van der Waals surface area contributed by atoms with Gasteiger partial charge < -0.3 is 0 Å². The van der Waals surface area contributed by atoms with Crippen LogP contribution in [-0.4, -0.2) is 14.2 Å². The van der Waals surface area contributed by atoms with Crippen molar-refractivity contribution in [3.05, 3.63) is 80.6 Å². The minimum Gasteiger partial charge on any atom is -0.282 e. The third-order valence-corrected chi connectivity index (χ3v) is 8.08. The van der Waals surface area contributed by atoms with Gasteiger partial charge in [0.05, 0.1) is 28.8 Å². The molecule has 0 fully saturated rings. The predicted molar refractivity (Wildman–Crippen MR) is 120 cm³/mol. The average molecular weight is 529 g/mol. The topological polar surface area (TPSA) is 46.1 Å². The molecule has 0 saturated heterocycles. The van der Waals surface area contributed by atoms with Crippen molar-refractivity contribution in [2.24, 2.45) is 0 Å². The lowest BCUT2D eigenvalue weighted by Gasteiger charge is -2.24. The molecule has 0 amide bonds. The maximum atomic E-state index is 14.4. The number of aromatic nitrogens is 2. The lowest BCUT2D eigenvalue weighted by atomic mass is 10.1. The number of rotatable bonds is 5. The third kappa shape index (κ3) is 3.99. The van der Waals surface area contributed by atoms with Gasteiger partial charge in [-0.05, 0) is 58.1 Å².